The largest absolute Gasteiger partial charge is 0.358 e. The van der Waals surface area contributed by atoms with Gasteiger partial charge < -0.3 is 16.0 Å². The van der Waals surface area contributed by atoms with Crippen LogP contribution < -0.4 is 16.0 Å². The van der Waals surface area contributed by atoms with E-state index < -0.39 is 5.54 Å². The predicted molar refractivity (Wildman–Crippen MR) is 57.3 cm³/mol. The summed E-state index contributed by atoms with van der Waals surface area (Å²) in [6, 6.07) is 0. The Morgan fingerprint density at radius 2 is 2.13 bits per heavy atom. The molecule has 1 heterocycles. The first-order valence-electron chi connectivity index (χ1n) is 5.32. The molecular formula is C10H19N3O2. The predicted octanol–water partition coefficient (Wildman–Crippen LogP) is -0.619. The van der Waals surface area contributed by atoms with Crippen LogP contribution in [0.1, 0.15) is 26.2 Å². The molecule has 1 saturated heterocycles. The number of nitrogens with one attached hydrogen (secondary N) is 3. The molecule has 0 spiro atoms. The Bertz CT molecular complexity index is 247. The SMILES string of the molecule is CNC(=O)CNC(=O)C1(C)CCCCN1. The summed E-state index contributed by atoms with van der Waals surface area (Å²) < 4.78 is 0. The molecule has 15 heavy (non-hydrogen) atoms. The zero-order valence-corrected chi connectivity index (χ0v) is 9.35. The first-order chi connectivity index (χ1) is 7.08. The molecule has 1 atom stereocenters. The van der Waals surface area contributed by atoms with Crippen molar-refractivity contribution in [1.82, 2.24) is 16.0 Å². The van der Waals surface area contributed by atoms with Crippen LogP contribution in [-0.4, -0.2) is 37.5 Å². The van der Waals surface area contributed by atoms with Crippen molar-refractivity contribution in [1.29, 1.82) is 0 Å². The Labute approximate surface area is 90.0 Å². The summed E-state index contributed by atoms with van der Waals surface area (Å²) in [6.07, 6.45) is 2.99. The number of carbonyl (C=O) groups excluding carboxylic acids is 2. The lowest BCUT2D eigenvalue weighted by molar-refractivity contribution is -0.130. The van der Waals surface area contributed by atoms with Crippen molar-refractivity contribution < 1.29 is 9.59 Å². The third-order valence-electron chi connectivity index (χ3n) is 2.81. The highest BCUT2D eigenvalue weighted by Crippen LogP contribution is 2.18. The highest BCUT2D eigenvalue weighted by atomic mass is 16.2. The van der Waals surface area contributed by atoms with Gasteiger partial charge in [0.2, 0.25) is 11.8 Å². The van der Waals surface area contributed by atoms with Crippen molar-refractivity contribution in [3.05, 3.63) is 0 Å². The van der Waals surface area contributed by atoms with Gasteiger partial charge >= 0.3 is 0 Å². The van der Waals surface area contributed by atoms with E-state index in [4.69, 9.17) is 0 Å². The number of piperidine rings is 1. The standard InChI is InChI=1S/C10H19N3O2/c1-10(5-3-4-6-13-10)9(15)12-7-8(14)11-2/h13H,3-7H2,1-2H3,(H,11,14)(H,12,15). The van der Waals surface area contributed by atoms with Gasteiger partial charge in [-0.2, -0.15) is 0 Å². The van der Waals surface area contributed by atoms with E-state index in [0.717, 1.165) is 25.8 Å². The molecule has 5 heteroatoms. The summed E-state index contributed by atoms with van der Waals surface area (Å²) in [4.78, 5) is 22.7. The van der Waals surface area contributed by atoms with Crippen LogP contribution in [0.3, 0.4) is 0 Å². The highest BCUT2D eigenvalue weighted by molar-refractivity contribution is 5.89. The molecule has 5 nitrogen and oxygen atoms in total. The van der Waals surface area contributed by atoms with Gasteiger partial charge in [0.25, 0.3) is 0 Å². The molecular weight excluding hydrogens is 194 g/mol. The molecule has 1 aliphatic rings. The smallest absolute Gasteiger partial charge is 0.240 e. The fourth-order valence-corrected chi connectivity index (χ4v) is 1.69. The minimum Gasteiger partial charge on any atom is -0.358 e. The molecule has 0 aliphatic carbocycles. The monoisotopic (exact) mass is 213 g/mol. The Morgan fingerprint density at radius 1 is 1.40 bits per heavy atom. The third-order valence-corrected chi connectivity index (χ3v) is 2.81. The Balaban J connectivity index is 2.41. The van der Waals surface area contributed by atoms with E-state index in [2.05, 4.69) is 16.0 Å². The molecule has 3 N–H and O–H groups in total. The van der Waals surface area contributed by atoms with Crippen molar-refractivity contribution in [3.63, 3.8) is 0 Å². The van der Waals surface area contributed by atoms with Crippen LogP contribution in [0.5, 0.6) is 0 Å². The topological polar surface area (TPSA) is 70.2 Å². The lowest BCUT2D eigenvalue weighted by atomic mass is 9.90. The summed E-state index contributed by atoms with van der Waals surface area (Å²) in [5.41, 5.74) is -0.508. The second-order valence-corrected chi connectivity index (χ2v) is 4.07. The van der Waals surface area contributed by atoms with E-state index in [1.54, 1.807) is 7.05 Å². The number of hydrogen-bond acceptors (Lipinski definition) is 3. The molecule has 1 aliphatic heterocycles. The van der Waals surface area contributed by atoms with E-state index in [1.807, 2.05) is 6.92 Å². The average molecular weight is 213 g/mol. The van der Waals surface area contributed by atoms with E-state index in [9.17, 15) is 9.59 Å². The average Bonchev–Trinajstić information content (AvgIpc) is 2.26. The van der Waals surface area contributed by atoms with Gasteiger partial charge in [-0.05, 0) is 32.7 Å². The van der Waals surface area contributed by atoms with Gasteiger partial charge in [-0.1, -0.05) is 0 Å². The highest BCUT2D eigenvalue weighted by Gasteiger charge is 2.33. The van der Waals surface area contributed by atoms with Gasteiger partial charge in [0, 0.05) is 7.05 Å². The number of hydrogen-bond donors (Lipinski definition) is 3. The van der Waals surface area contributed by atoms with Crippen LogP contribution in [0, 0.1) is 0 Å². The molecule has 1 fully saturated rings. The maximum absolute atomic E-state index is 11.8. The van der Waals surface area contributed by atoms with Gasteiger partial charge in [-0.3, -0.25) is 9.59 Å². The molecule has 86 valence electrons. The van der Waals surface area contributed by atoms with Crippen LogP contribution in [0.15, 0.2) is 0 Å². The summed E-state index contributed by atoms with van der Waals surface area (Å²) in [6.45, 7) is 2.79. The minimum absolute atomic E-state index is 0.0482. The molecule has 1 unspecified atom stereocenters. The first-order valence-corrected chi connectivity index (χ1v) is 5.32. The van der Waals surface area contributed by atoms with Gasteiger partial charge in [-0.15, -0.1) is 0 Å². The van der Waals surface area contributed by atoms with Crippen LogP contribution in [0.25, 0.3) is 0 Å². The molecule has 2 amide bonds. The third kappa shape index (κ3) is 3.20. The van der Waals surface area contributed by atoms with Crippen LogP contribution >= 0.6 is 0 Å². The van der Waals surface area contributed by atoms with Crippen LogP contribution in [0.4, 0.5) is 0 Å². The molecule has 0 aromatic carbocycles. The zero-order chi connectivity index (χ0) is 11.3. The maximum atomic E-state index is 11.8. The Hall–Kier alpha value is -1.10. The van der Waals surface area contributed by atoms with Crippen molar-refractivity contribution in [2.45, 2.75) is 31.7 Å². The lowest BCUT2D eigenvalue weighted by Gasteiger charge is -2.33. The van der Waals surface area contributed by atoms with Crippen molar-refractivity contribution in [2.24, 2.45) is 0 Å². The first kappa shape index (κ1) is 12.0. The molecule has 0 aromatic heterocycles. The minimum atomic E-state index is -0.508. The van der Waals surface area contributed by atoms with Gasteiger partial charge in [0.1, 0.15) is 0 Å². The molecule has 1 rings (SSSR count). The fourth-order valence-electron chi connectivity index (χ4n) is 1.69. The zero-order valence-electron chi connectivity index (χ0n) is 9.35. The van der Waals surface area contributed by atoms with Crippen molar-refractivity contribution in [3.8, 4) is 0 Å². The van der Waals surface area contributed by atoms with Crippen LogP contribution in [-0.2, 0) is 9.59 Å². The number of rotatable bonds is 3. The van der Waals surface area contributed by atoms with E-state index in [-0.39, 0.29) is 18.4 Å². The normalized spacial score (nSPS) is 25.7. The van der Waals surface area contributed by atoms with Gasteiger partial charge in [-0.25, -0.2) is 0 Å². The molecule has 0 aromatic rings. The fraction of sp³-hybridized carbons (Fsp3) is 0.800. The Kier molecular flexibility index (Phi) is 4.08. The van der Waals surface area contributed by atoms with Crippen molar-refractivity contribution >= 4 is 11.8 Å². The number of amides is 2. The Morgan fingerprint density at radius 3 is 2.67 bits per heavy atom. The summed E-state index contributed by atoms with van der Waals surface area (Å²) in [5, 5.41) is 8.29. The molecule has 0 saturated carbocycles. The summed E-state index contributed by atoms with van der Waals surface area (Å²) in [5.74, 6) is -0.270. The maximum Gasteiger partial charge on any atom is 0.240 e. The summed E-state index contributed by atoms with van der Waals surface area (Å²) in [7, 11) is 1.55. The van der Waals surface area contributed by atoms with Gasteiger partial charge in [0.05, 0.1) is 12.1 Å². The van der Waals surface area contributed by atoms with E-state index in [1.165, 1.54) is 0 Å². The van der Waals surface area contributed by atoms with Gasteiger partial charge in [0.15, 0.2) is 0 Å². The number of carbonyl (C=O) groups is 2. The van der Waals surface area contributed by atoms with Crippen molar-refractivity contribution in [2.75, 3.05) is 20.1 Å². The van der Waals surface area contributed by atoms with E-state index in [0.29, 0.717) is 0 Å². The second-order valence-electron chi connectivity index (χ2n) is 4.07. The van der Waals surface area contributed by atoms with E-state index >= 15 is 0 Å². The molecule has 0 bridgehead atoms. The van der Waals surface area contributed by atoms with Crippen LogP contribution in [0.2, 0.25) is 0 Å². The quantitative estimate of drug-likeness (QED) is 0.585. The number of likely N-dealkylation sites (N-methyl/N-ethyl adjacent to an activating group) is 1. The lowest BCUT2D eigenvalue weighted by Crippen LogP contribution is -2.57. The summed E-state index contributed by atoms with van der Waals surface area (Å²) >= 11 is 0. The molecule has 0 radical (unpaired) electrons. The second kappa shape index (κ2) is 5.11.